The van der Waals surface area contributed by atoms with Crippen LogP contribution in [0.15, 0.2) is 0 Å². The highest BCUT2D eigenvalue weighted by Crippen LogP contribution is 2.21. The fraction of sp³-hybridized carbons (Fsp3) is 0.895. The van der Waals surface area contributed by atoms with E-state index >= 15 is 0 Å². The molecule has 0 saturated heterocycles. The van der Waals surface area contributed by atoms with Gasteiger partial charge in [-0.2, -0.15) is 0 Å². The molecule has 3 unspecified atom stereocenters. The standard InChI is InChI=1S/C19H36O8S2/c1-5-15(4)8-16(20)9-24-6-7-25-10-17(21)11-26-18(22)12-28-29-13-19(23)27-14(2)3/h14-17,20-21H,5-13H2,1-4H3. The van der Waals surface area contributed by atoms with Crippen LogP contribution < -0.4 is 0 Å². The average molecular weight is 457 g/mol. The summed E-state index contributed by atoms with van der Waals surface area (Å²) in [6.07, 6.45) is 0.169. The number of aliphatic hydroxyl groups is 2. The zero-order valence-electron chi connectivity index (χ0n) is 17.8. The van der Waals surface area contributed by atoms with Crippen molar-refractivity contribution in [2.75, 3.05) is 44.5 Å². The summed E-state index contributed by atoms with van der Waals surface area (Å²) in [5, 5.41) is 19.5. The van der Waals surface area contributed by atoms with Gasteiger partial charge in [0.15, 0.2) is 0 Å². The minimum Gasteiger partial charge on any atom is -0.462 e. The molecule has 2 N–H and O–H groups in total. The Bertz CT molecular complexity index is 436. The Morgan fingerprint density at radius 1 is 0.862 bits per heavy atom. The first-order valence-corrected chi connectivity index (χ1v) is 12.3. The van der Waals surface area contributed by atoms with Crippen LogP contribution >= 0.6 is 21.6 Å². The number of carbonyl (C=O) groups excluding carboxylic acids is 2. The number of hydrogen-bond acceptors (Lipinski definition) is 10. The molecule has 0 spiro atoms. The predicted octanol–water partition coefficient (Wildman–Crippen LogP) is 2.05. The van der Waals surface area contributed by atoms with Crippen LogP contribution in [0.4, 0.5) is 0 Å². The molecule has 0 aliphatic rings. The quantitative estimate of drug-likeness (QED) is 0.181. The lowest BCUT2D eigenvalue weighted by Crippen LogP contribution is -2.25. The van der Waals surface area contributed by atoms with Crippen molar-refractivity contribution in [2.24, 2.45) is 5.92 Å². The molecule has 0 heterocycles. The molecule has 8 nitrogen and oxygen atoms in total. The van der Waals surface area contributed by atoms with Crippen LogP contribution in [0.3, 0.4) is 0 Å². The van der Waals surface area contributed by atoms with Crippen molar-refractivity contribution in [3.63, 3.8) is 0 Å². The van der Waals surface area contributed by atoms with Gasteiger partial charge in [0.25, 0.3) is 0 Å². The first-order valence-electron chi connectivity index (χ1n) is 9.85. The summed E-state index contributed by atoms with van der Waals surface area (Å²) in [7, 11) is 2.41. The third kappa shape index (κ3) is 19.2. The van der Waals surface area contributed by atoms with Crippen molar-refractivity contribution < 1.29 is 38.7 Å². The highest BCUT2D eigenvalue weighted by atomic mass is 33.1. The normalized spacial score (nSPS) is 14.4. The van der Waals surface area contributed by atoms with Crippen LogP contribution in [-0.4, -0.2) is 85.0 Å². The first kappa shape index (κ1) is 28.5. The highest BCUT2D eigenvalue weighted by molar-refractivity contribution is 8.77. The van der Waals surface area contributed by atoms with Crippen LogP contribution in [0.25, 0.3) is 0 Å². The molecule has 0 bridgehead atoms. The molecule has 3 atom stereocenters. The Labute approximate surface area is 181 Å². The molecule has 0 saturated carbocycles. The van der Waals surface area contributed by atoms with Crippen molar-refractivity contribution >= 4 is 33.5 Å². The van der Waals surface area contributed by atoms with E-state index < -0.39 is 18.2 Å². The van der Waals surface area contributed by atoms with E-state index in [1.807, 2.05) is 0 Å². The van der Waals surface area contributed by atoms with Gasteiger partial charge in [0.05, 0.1) is 38.6 Å². The van der Waals surface area contributed by atoms with Gasteiger partial charge < -0.3 is 29.2 Å². The molecule has 0 aliphatic carbocycles. The third-order valence-electron chi connectivity index (χ3n) is 3.60. The molecule has 29 heavy (non-hydrogen) atoms. The Balaban J connectivity index is 3.55. The predicted molar refractivity (Wildman–Crippen MR) is 115 cm³/mol. The fourth-order valence-corrected chi connectivity index (χ4v) is 3.60. The number of aliphatic hydroxyl groups excluding tert-OH is 2. The summed E-state index contributed by atoms with van der Waals surface area (Å²) in [5.74, 6) is -0.116. The smallest absolute Gasteiger partial charge is 0.317 e. The summed E-state index contributed by atoms with van der Waals surface area (Å²) in [6, 6.07) is 0. The zero-order valence-corrected chi connectivity index (χ0v) is 19.5. The van der Waals surface area contributed by atoms with Crippen LogP contribution in [0.1, 0.15) is 40.5 Å². The van der Waals surface area contributed by atoms with Crippen molar-refractivity contribution in [3.05, 3.63) is 0 Å². The van der Waals surface area contributed by atoms with Gasteiger partial charge in [-0.15, -0.1) is 0 Å². The van der Waals surface area contributed by atoms with Crippen LogP contribution in [0, 0.1) is 5.92 Å². The number of esters is 2. The minimum atomic E-state index is -0.923. The van der Waals surface area contributed by atoms with E-state index in [1.54, 1.807) is 13.8 Å². The van der Waals surface area contributed by atoms with Gasteiger partial charge >= 0.3 is 11.9 Å². The van der Waals surface area contributed by atoms with E-state index in [-0.39, 0.29) is 50.0 Å². The minimum absolute atomic E-state index is 0.0228. The van der Waals surface area contributed by atoms with E-state index in [0.717, 1.165) is 6.42 Å². The van der Waals surface area contributed by atoms with Gasteiger partial charge in [0.1, 0.15) is 24.2 Å². The summed E-state index contributed by atoms with van der Waals surface area (Å²) < 4.78 is 20.5. The van der Waals surface area contributed by atoms with Crippen LogP contribution in [0.5, 0.6) is 0 Å². The number of carbonyl (C=O) groups is 2. The van der Waals surface area contributed by atoms with E-state index in [2.05, 4.69) is 13.8 Å². The number of rotatable bonds is 18. The molecule has 0 aliphatic heterocycles. The second kappa shape index (κ2) is 18.3. The zero-order chi connectivity index (χ0) is 22.1. The molecule has 0 fully saturated rings. The maximum absolute atomic E-state index is 11.6. The van der Waals surface area contributed by atoms with E-state index in [9.17, 15) is 19.8 Å². The molecule has 10 heteroatoms. The fourth-order valence-electron chi connectivity index (χ4n) is 2.01. The maximum Gasteiger partial charge on any atom is 0.317 e. The number of ether oxygens (including phenoxy) is 4. The van der Waals surface area contributed by atoms with Gasteiger partial charge in [-0.05, 0) is 26.2 Å². The van der Waals surface area contributed by atoms with Crippen molar-refractivity contribution in [2.45, 2.75) is 58.8 Å². The largest absolute Gasteiger partial charge is 0.462 e. The summed E-state index contributed by atoms with van der Waals surface area (Å²) in [4.78, 5) is 22.9. The molecular weight excluding hydrogens is 420 g/mol. The molecule has 0 aromatic carbocycles. The number of hydrogen-bond donors (Lipinski definition) is 2. The molecule has 172 valence electrons. The molecular formula is C19H36O8S2. The Morgan fingerprint density at radius 2 is 1.41 bits per heavy atom. The molecule has 0 aromatic rings. The van der Waals surface area contributed by atoms with Crippen molar-refractivity contribution in [3.8, 4) is 0 Å². The molecule has 0 rings (SSSR count). The van der Waals surface area contributed by atoms with Gasteiger partial charge in [-0.25, -0.2) is 0 Å². The van der Waals surface area contributed by atoms with Crippen molar-refractivity contribution in [1.82, 2.24) is 0 Å². The van der Waals surface area contributed by atoms with E-state index in [0.29, 0.717) is 18.9 Å². The topological polar surface area (TPSA) is 112 Å². The Morgan fingerprint density at radius 3 is 1.97 bits per heavy atom. The van der Waals surface area contributed by atoms with Gasteiger partial charge in [0, 0.05) is 0 Å². The molecule has 0 radical (unpaired) electrons. The first-order chi connectivity index (χ1) is 13.7. The highest BCUT2D eigenvalue weighted by Gasteiger charge is 2.12. The average Bonchev–Trinajstić information content (AvgIpc) is 2.65. The SMILES string of the molecule is CCC(C)CC(O)COCCOCC(O)COC(=O)CSSCC(=O)OC(C)C. The maximum atomic E-state index is 11.6. The monoisotopic (exact) mass is 456 g/mol. The van der Waals surface area contributed by atoms with Gasteiger partial charge in [-0.3, -0.25) is 9.59 Å². The summed E-state index contributed by atoms with van der Waals surface area (Å²) in [5.41, 5.74) is 0. The Kier molecular flexibility index (Phi) is 17.9. The van der Waals surface area contributed by atoms with E-state index in [1.165, 1.54) is 21.6 Å². The van der Waals surface area contributed by atoms with Gasteiger partial charge in [-0.1, -0.05) is 41.9 Å². The summed E-state index contributed by atoms with van der Waals surface area (Å²) in [6.45, 7) is 8.43. The second-order valence-corrected chi connectivity index (χ2v) is 9.42. The van der Waals surface area contributed by atoms with Crippen LogP contribution in [0.2, 0.25) is 0 Å². The molecule has 0 amide bonds. The lowest BCUT2D eigenvalue weighted by molar-refractivity contribution is -0.145. The van der Waals surface area contributed by atoms with Crippen LogP contribution in [-0.2, 0) is 28.5 Å². The molecule has 0 aromatic heterocycles. The van der Waals surface area contributed by atoms with E-state index in [4.69, 9.17) is 18.9 Å². The summed E-state index contributed by atoms with van der Waals surface area (Å²) >= 11 is 0. The van der Waals surface area contributed by atoms with Crippen molar-refractivity contribution in [1.29, 1.82) is 0 Å². The lowest BCUT2D eigenvalue weighted by Gasteiger charge is -2.15. The second-order valence-electron chi connectivity index (χ2n) is 6.95. The lowest BCUT2D eigenvalue weighted by atomic mass is 10.0. The third-order valence-corrected chi connectivity index (χ3v) is 5.69. The van der Waals surface area contributed by atoms with Gasteiger partial charge in [0.2, 0.25) is 0 Å². The Hall–Kier alpha value is -0.520.